The molecule has 1 unspecified atom stereocenters. The van der Waals surface area contributed by atoms with E-state index in [1.54, 1.807) is 48.7 Å². The minimum absolute atomic E-state index is 0. The van der Waals surface area contributed by atoms with Crippen LogP contribution in [-0.2, 0) is 28.4 Å². The largest absolute Gasteiger partial charge is 0.411 e. The van der Waals surface area contributed by atoms with Crippen molar-refractivity contribution in [1.82, 2.24) is 0 Å². The lowest BCUT2D eigenvalue weighted by molar-refractivity contribution is -0.242. The quantitative estimate of drug-likeness (QED) is 0.193. The molecule has 0 radical (unpaired) electrons. The summed E-state index contributed by atoms with van der Waals surface area (Å²) in [4.78, 5) is 0. The van der Waals surface area contributed by atoms with Crippen LogP contribution in [0.5, 0.6) is 0 Å². The molecule has 6 nitrogen and oxygen atoms in total. The normalized spacial score (nSPS) is 12.4. The Morgan fingerprint density at radius 3 is 0.873 bits per heavy atom. The van der Waals surface area contributed by atoms with Crippen molar-refractivity contribution in [1.29, 1.82) is 0 Å². The van der Waals surface area contributed by atoms with Gasteiger partial charge in [-0.2, -0.15) is 22.0 Å². The first kappa shape index (κ1) is 75.2. The highest BCUT2D eigenvalue weighted by Gasteiger charge is 2.27. The van der Waals surface area contributed by atoms with E-state index in [2.05, 4.69) is 90.4 Å². The van der Waals surface area contributed by atoms with Gasteiger partial charge in [-0.1, -0.05) is 69.7 Å². The van der Waals surface area contributed by atoms with Crippen LogP contribution in [0.1, 0.15) is 186 Å². The zero-order valence-electron chi connectivity index (χ0n) is 39.9. The zero-order valence-corrected chi connectivity index (χ0v) is 39.9. The van der Waals surface area contributed by atoms with Crippen LogP contribution < -0.4 is 0 Å². The highest BCUT2D eigenvalue weighted by atomic mass is 19.4. The van der Waals surface area contributed by atoms with E-state index >= 15 is 0 Å². The van der Waals surface area contributed by atoms with Crippen LogP contribution in [0.4, 0.5) is 26.3 Å². The summed E-state index contributed by atoms with van der Waals surface area (Å²) in [6, 6.07) is 0. The number of methoxy groups -OCH3 is 1. The Kier molecular flexibility index (Phi) is 67.7. The molecule has 1 saturated carbocycles. The van der Waals surface area contributed by atoms with Crippen LogP contribution in [0.15, 0.2) is 0 Å². The van der Waals surface area contributed by atoms with E-state index in [-0.39, 0.29) is 19.6 Å². The second kappa shape index (κ2) is 49.5. The molecule has 0 amide bonds. The molecular weight excluding hydrogens is 726 g/mol. The van der Waals surface area contributed by atoms with Crippen LogP contribution in [-0.4, -0.2) is 81.7 Å². The lowest BCUT2D eigenvalue weighted by Gasteiger charge is -2.13. The Morgan fingerprint density at radius 2 is 0.836 bits per heavy atom. The third kappa shape index (κ3) is 203. The van der Waals surface area contributed by atoms with Crippen molar-refractivity contribution in [2.45, 2.75) is 248 Å². The van der Waals surface area contributed by atoms with Crippen LogP contribution in [0.3, 0.4) is 0 Å². The number of alkyl halides is 6. The van der Waals surface area contributed by atoms with Crippen LogP contribution in [0.25, 0.3) is 0 Å². The van der Waals surface area contributed by atoms with Gasteiger partial charge >= 0.3 is 12.3 Å². The van der Waals surface area contributed by atoms with Gasteiger partial charge in [-0.25, -0.2) is 4.39 Å². The third-order valence-corrected chi connectivity index (χ3v) is 3.44. The minimum Gasteiger partial charge on any atom is -0.382 e. The SMILES string of the molecule is C.CC(C)C.CC(C)C.CC(C)C.CC(C)OC(C)(F)F.CC(C)OC(C)F.CC(C)OC1CC1.CC(C)OCC(F)(F)F.CCOC(C)C.COC(C)C. The summed E-state index contributed by atoms with van der Waals surface area (Å²) < 4.78 is 97.2. The molecule has 1 aliphatic rings. The Balaban J connectivity index is -0.0000000626. The molecule has 0 saturated heterocycles. The topological polar surface area (TPSA) is 55.4 Å². The lowest BCUT2D eigenvalue weighted by atomic mass is 10.3. The molecule has 0 aromatic rings. The van der Waals surface area contributed by atoms with E-state index in [1.807, 2.05) is 34.6 Å². The van der Waals surface area contributed by atoms with Gasteiger partial charge in [-0.15, -0.1) is 0 Å². The van der Waals surface area contributed by atoms with E-state index in [0.717, 1.165) is 31.3 Å². The van der Waals surface area contributed by atoms with E-state index in [0.29, 0.717) is 24.4 Å². The van der Waals surface area contributed by atoms with E-state index in [4.69, 9.17) is 14.2 Å². The molecule has 0 N–H and O–H groups in total. The summed E-state index contributed by atoms with van der Waals surface area (Å²) in [5.41, 5.74) is 0. The Morgan fingerprint density at radius 1 is 0.527 bits per heavy atom. The Hall–Kier alpha value is -0.660. The predicted molar refractivity (Wildman–Crippen MR) is 227 cm³/mol. The fourth-order valence-corrected chi connectivity index (χ4v) is 1.97. The summed E-state index contributed by atoms with van der Waals surface area (Å²) in [5, 5.41) is 0. The number of hydrogen-bond donors (Lipinski definition) is 0. The second-order valence-corrected chi connectivity index (χ2v) is 16.0. The average molecular weight is 825 g/mol. The Labute approximate surface area is 340 Å². The minimum atomic E-state index is -4.19. The average Bonchev–Trinajstić information content (AvgIpc) is 3.69. The molecule has 0 bridgehead atoms. The number of ether oxygens (including phenoxy) is 6. The summed E-state index contributed by atoms with van der Waals surface area (Å²) in [6.45, 7) is 45.4. The molecule has 1 aliphatic carbocycles. The van der Waals surface area contributed by atoms with Crippen molar-refractivity contribution >= 4 is 0 Å². The van der Waals surface area contributed by atoms with Gasteiger partial charge in [-0.05, 0) is 128 Å². The van der Waals surface area contributed by atoms with Gasteiger partial charge in [0.15, 0.2) is 6.36 Å². The summed E-state index contributed by atoms with van der Waals surface area (Å²) in [7, 11) is 1.70. The Bertz CT molecular complexity index is 608. The summed E-state index contributed by atoms with van der Waals surface area (Å²) in [5.74, 6) is 2.50. The molecule has 12 heteroatoms. The van der Waals surface area contributed by atoms with Crippen molar-refractivity contribution in [3.05, 3.63) is 0 Å². The molecular formula is C43H98F6O6. The van der Waals surface area contributed by atoms with Crippen molar-refractivity contribution in [2.24, 2.45) is 17.8 Å². The maximum absolute atomic E-state index is 11.8. The second-order valence-electron chi connectivity index (χ2n) is 16.0. The fourth-order valence-electron chi connectivity index (χ4n) is 1.97. The predicted octanol–water partition coefficient (Wildman–Crippen LogP) is 15.4. The first-order valence-electron chi connectivity index (χ1n) is 19.8. The fraction of sp³-hybridized carbons (Fsp3) is 1.00. The number of halogens is 6. The zero-order chi connectivity index (χ0) is 45.4. The van der Waals surface area contributed by atoms with Crippen LogP contribution in [0, 0.1) is 17.8 Å². The molecule has 0 spiro atoms. The summed E-state index contributed by atoms with van der Waals surface area (Å²) in [6.07, 6.45) is -4.63. The van der Waals surface area contributed by atoms with Gasteiger partial charge in [0.1, 0.15) is 6.61 Å². The van der Waals surface area contributed by atoms with Crippen molar-refractivity contribution in [3.8, 4) is 0 Å². The first-order valence-corrected chi connectivity index (χ1v) is 19.8. The first-order chi connectivity index (χ1) is 24.0. The highest BCUT2D eigenvalue weighted by Crippen LogP contribution is 2.24. The lowest BCUT2D eigenvalue weighted by Crippen LogP contribution is -2.20. The molecule has 1 rings (SSSR count). The van der Waals surface area contributed by atoms with E-state index in [9.17, 15) is 26.3 Å². The van der Waals surface area contributed by atoms with Gasteiger partial charge in [-0.3, -0.25) is 0 Å². The van der Waals surface area contributed by atoms with Gasteiger partial charge in [0.2, 0.25) is 0 Å². The molecule has 348 valence electrons. The van der Waals surface area contributed by atoms with Gasteiger partial charge < -0.3 is 28.4 Å². The maximum atomic E-state index is 11.8. The molecule has 0 aromatic heterocycles. The molecule has 1 atom stereocenters. The number of hydrogen-bond acceptors (Lipinski definition) is 6. The van der Waals surface area contributed by atoms with Crippen LogP contribution in [0.2, 0.25) is 0 Å². The van der Waals surface area contributed by atoms with Crippen molar-refractivity contribution in [2.75, 3.05) is 20.3 Å². The smallest absolute Gasteiger partial charge is 0.382 e. The van der Waals surface area contributed by atoms with Gasteiger partial charge in [0.05, 0.1) is 42.7 Å². The van der Waals surface area contributed by atoms with Crippen LogP contribution >= 0.6 is 0 Å². The van der Waals surface area contributed by atoms with E-state index in [1.165, 1.54) is 19.8 Å². The molecule has 55 heavy (non-hydrogen) atoms. The molecule has 0 aliphatic heterocycles. The standard InChI is InChI=1S/C6H12O.C5H9F3O.C5H10F2O.C5H11FO.C5H12O.C4H10O.3C4H10.CH4/c1-5(2)7-6-3-4-6;1-4(2)9-3-5(6,7)8;1-4(2)8-5(3,6)7;1-4(2)7-5(3)6;1-4-6-5(2)3;1-4(2)5-3;3*1-4(2)3;/h5-6H,3-4H2,1-2H3;4H,3H2,1-2H3;4H,1-3H3;4-5H,1-3H3;5H,4H2,1-3H3;4H,1-3H3;3*4H,1-3H3;1H4. The van der Waals surface area contributed by atoms with E-state index < -0.39 is 31.4 Å². The maximum Gasteiger partial charge on any atom is 0.411 e. The monoisotopic (exact) mass is 825 g/mol. The van der Waals surface area contributed by atoms with Crippen molar-refractivity contribution < 1.29 is 54.8 Å². The van der Waals surface area contributed by atoms with Gasteiger partial charge in [0.25, 0.3) is 0 Å². The molecule has 1 fully saturated rings. The third-order valence-electron chi connectivity index (χ3n) is 3.44. The molecule has 0 heterocycles. The van der Waals surface area contributed by atoms with Crippen molar-refractivity contribution in [3.63, 3.8) is 0 Å². The highest BCUT2D eigenvalue weighted by molar-refractivity contribution is 4.73. The summed E-state index contributed by atoms with van der Waals surface area (Å²) >= 11 is 0. The molecule has 0 aromatic carbocycles. The van der Waals surface area contributed by atoms with Gasteiger partial charge in [0, 0.05) is 20.6 Å². The number of rotatable bonds is 11.